The van der Waals surface area contributed by atoms with Crippen LogP contribution in [-0.4, -0.2) is 34.0 Å². The molecule has 0 atom stereocenters. The minimum absolute atomic E-state index is 0.00459. The van der Waals surface area contributed by atoms with Crippen LogP contribution in [0, 0.1) is 0 Å². The quantitative estimate of drug-likeness (QED) is 0.615. The largest absolute Gasteiger partial charge is 0.492 e. The Balaban J connectivity index is 1.67. The van der Waals surface area contributed by atoms with E-state index in [-0.39, 0.29) is 28.8 Å². The Bertz CT molecular complexity index is 842. The molecule has 0 saturated carbocycles. The van der Waals surface area contributed by atoms with E-state index in [1.54, 1.807) is 36.4 Å². The van der Waals surface area contributed by atoms with E-state index in [9.17, 15) is 13.2 Å². The van der Waals surface area contributed by atoms with Crippen molar-refractivity contribution < 1.29 is 17.9 Å². The summed E-state index contributed by atoms with van der Waals surface area (Å²) >= 11 is 11.6. The number of ether oxygens (including phenoxy) is 1. The van der Waals surface area contributed by atoms with Gasteiger partial charge in [-0.05, 0) is 36.4 Å². The second kappa shape index (κ2) is 9.78. The molecular weight excluding hydrogens is 399 g/mol. The number of benzene rings is 2. The molecule has 0 aromatic heterocycles. The highest BCUT2D eigenvalue weighted by Crippen LogP contribution is 2.20. The third-order valence-electron chi connectivity index (χ3n) is 3.28. The second-order valence-corrected chi connectivity index (χ2v) is 7.81. The van der Waals surface area contributed by atoms with Crippen molar-refractivity contribution in [2.45, 2.75) is 11.3 Å². The topological polar surface area (TPSA) is 84.5 Å². The molecule has 2 rings (SSSR count). The Morgan fingerprint density at radius 3 is 2.38 bits per heavy atom. The highest BCUT2D eigenvalue weighted by molar-refractivity contribution is 7.89. The van der Waals surface area contributed by atoms with Crippen LogP contribution in [0.1, 0.15) is 6.42 Å². The number of nitrogens with one attached hydrogen (secondary N) is 2. The maximum Gasteiger partial charge on any atom is 0.242 e. The maximum absolute atomic E-state index is 12.1. The first-order valence-corrected chi connectivity index (χ1v) is 10.0. The van der Waals surface area contributed by atoms with Gasteiger partial charge < -0.3 is 10.1 Å². The normalized spacial score (nSPS) is 11.2. The standard InChI is InChI=1S/C17H18Cl2N2O4S/c18-13-5-7-14(8-6-13)25-12-11-20-17(22)9-10-21-26(23,24)16-4-2-1-3-15(16)19/h1-8,21H,9-12H2,(H,20,22). The van der Waals surface area contributed by atoms with E-state index in [0.29, 0.717) is 23.9 Å². The summed E-state index contributed by atoms with van der Waals surface area (Å²) in [5, 5.41) is 3.39. The zero-order valence-electron chi connectivity index (χ0n) is 13.7. The average Bonchev–Trinajstić information content (AvgIpc) is 2.60. The first-order valence-electron chi connectivity index (χ1n) is 7.78. The molecule has 0 aliphatic rings. The number of hydrogen-bond donors (Lipinski definition) is 2. The monoisotopic (exact) mass is 416 g/mol. The van der Waals surface area contributed by atoms with Crippen molar-refractivity contribution in [3.05, 3.63) is 58.6 Å². The molecule has 1 amide bonds. The molecule has 0 bridgehead atoms. The number of amides is 1. The summed E-state index contributed by atoms with van der Waals surface area (Å²) in [4.78, 5) is 11.7. The van der Waals surface area contributed by atoms with E-state index in [2.05, 4.69) is 10.0 Å². The molecule has 2 aromatic rings. The second-order valence-electron chi connectivity index (χ2n) is 5.23. The molecule has 0 spiro atoms. The zero-order chi connectivity index (χ0) is 19.0. The Labute approximate surface area is 162 Å². The molecule has 0 aliphatic carbocycles. The summed E-state index contributed by atoms with van der Waals surface area (Å²) in [5.74, 6) is 0.364. The van der Waals surface area contributed by atoms with Gasteiger partial charge in [0.25, 0.3) is 0 Å². The van der Waals surface area contributed by atoms with Crippen molar-refractivity contribution in [3.63, 3.8) is 0 Å². The van der Waals surface area contributed by atoms with Crippen LogP contribution in [0.15, 0.2) is 53.4 Å². The van der Waals surface area contributed by atoms with Crippen LogP contribution in [0.4, 0.5) is 0 Å². The molecule has 9 heteroatoms. The van der Waals surface area contributed by atoms with E-state index in [1.807, 2.05) is 0 Å². The van der Waals surface area contributed by atoms with E-state index < -0.39 is 10.0 Å². The molecule has 6 nitrogen and oxygen atoms in total. The minimum Gasteiger partial charge on any atom is -0.492 e. The van der Waals surface area contributed by atoms with Gasteiger partial charge in [0.15, 0.2) is 0 Å². The fourth-order valence-corrected chi connectivity index (χ4v) is 3.69. The van der Waals surface area contributed by atoms with Gasteiger partial charge in [-0.25, -0.2) is 13.1 Å². The van der Waals surface area contributed by atoms with Crippen molar-refractivity contribution in [2.24, 2.45) is 0 Å². The molecule has 2 aromatic carbocycles. The van der Waals surface area contributed by atoms with Crippen LogP contribution in [0.2, 0.25) is 10.0 Å². The molecule has 140 valence electrons. The first kappa shape index (κ1) is 20.5. The minimum atomic E-state index is -3.75. The SMILES string of the molecule is O=C(CCNS(=O)(=O)c1ccccc1Cl)NCCOc1ccc(Cl)cc1. The number of rotatable bonds is 9. The molecule has 0 heterocycles. The predicted octanol–water partition coefficient (Wildman–Crippen LogP) is 2.86. The summed E-state index contributed by atoms with van der Waals surface area (Å²) < 4.78 is 32.0. The number of carbonyl (C=O) groups is 1. The number of hydrogen-bond acceptors (Lipinski definition) is 4. The first-order chi connectivity index (χ1) is 12.4. The van der Waals surface area contributed by atoms with E-state index in [0.717, 1.165) is 0 Å². The van der Waals surface area contributed by atoms with Crippen molar-refractivity contribution in [2.75, 3.05) is 19.7 Å². The summed E-state index contributed by atoms with van der Waals surface area (Å²) in [6, 6.07) is 13.0. The molecule has 2 N–H and O–H groups in total. The number of carbonyl (C=O) groups excluding carboxylic acids is 1. The summed E-state index contributed by atoms with van der Waals surface area (Å²) in [5.41, 5.74) is 0. The summed E-state index contributed by atoms with van der Waals surface area (Å²) in [6.45, 7) is 0.564. The van der Waals surface area contributed by atoms with Crippen LogP contribution in [0.3, 0.4) is 0 Å². The number of halogens is 2. The molecule has 0 radical (unpaired) electrons. The van der Waals surface area contributed by atoms with Crippen molar-refractivity contribution in [1.82, 2.24) is 10.0 Å². The summed E-state index contributed by atoms with van der Waals surface area (Å²) in [6.07, 6.45) is 0.00459. The summed E-state index contributed by atoms with van der Waals surface area (Å²) in [7, 11) is -3.75. The van der Waals surface area contributed by atoms with Crippen molar-refractivity contribution in [3.8, 4) is 5.75 Å². The van der Waals surface area contributed by atoms with Crippen LogP contribution in [0.25, 0.3) is 0 Å². The van der Waals surface area contributed by atoms with Crippen LogP contribution < -0.4 is 14.8 Å². The van der Waals surface area contributed by atoms with Gasteiger partial charge in [-0.15, -0.1) is 0 Å². The Morgan fingerprint density at radius 2 is 1.69 bits per heavy atom. The molecule has 0 unspecified atom stereocenters. The third kappa shape index (κ3) is 6.49. The van der Waals surface area contributed by atoms with E-state index >= 15 is 0 Å². The molecular formula is C17H18Cl2N2O4S. The van der Waals surface area contributed by atoms with Gasteiger partial charge in [0.1, 0.15) is 17.3 Å². The predicted molar refractivity (Wildman–Crippen MR) is 101 cm³/mol. The van der Waals surface area contributed by atoms with Gasteiger partial charge in [0.2, 0.25) is 15.9 Å². The fraction of sp³-hybridized carbons (Fsp3) is 0.235. The van der Waals surface area contributed by atoms with E-state index in [4.69, 9.17) is 27.9 Å². The smallest absolute Gasteiger partial charge is 0.242 e. The highest BCUT2D eigenvalue weighted by Gasteiger charge is 2.17. The van der Waals surface area contributed by atoms with Crippen LogP contribution in [0.5, 0.6) is 5.75 Å². The number of sulfonamides is 1. The van der Waals surface area contributed by atoms with Crippen LogP contribution >= 0.6 is 23.2 Å². The highest BCUT2D eigenvalue weighted by atomic mass is 35.5. The molecule has 0 saturated heterocycles. The molecule has 0 aliphatic heterocycles. The maximum atomic E-state index is 12.1. The molecule has 0 fully saturated rings. The van der Waals surface area contributed by atoms with Crippen molar-refractivity contribution in [1.29, 1.82) is 0 Å². The van der Waals surface area contributed by atoms with Crippen LogP contribution in [-0.2, 0) is 14.8 Å². The van der Waals surface area contributed by atoms with Gasteiger partial charge in [-0.2, -0.15) is 0 Å². The Hall–Kier alpha value is -1.80. The Kier molecular flexibility index (Phi) is 7.71. The average molecular weight is 417 g/mol. The van der Waals surface area contributed by atoms with Crippen molar-refractivity contribution >= 4 is 39.1 Å². The lowest BCUT2D eigenvalue weighted by Gasteiger charge is -2.09. The van der Waals surface area contributed by atoms with Gasteiger partial charge in [0.05, 0.1) is 11.6 Å². The molecule has 26 heavy (non-hydrogen) atoms. The van der Waals surface area contributed by atoms with E-state index in [1.165, 1.54) is 12.1 Å². The lowest BCUT2D eigenvalue weighted by molar-refractivity contribution is -0.121. The van der Waals surface area contributed by atoms with Gasteiger partial charge in [0, 0.05) is 18.0 Å². The third-order valence-corrected chi connectivity index (χ3v) is 5.49. The lowest BCUT2D eigenvalue weighted by Crippen LogP contribution is -2.32. The van der Waals surface area contributed by atoms with Gasteiger partial charge in [-0.3, -0.25) is 4.79 Å². The van der Waals surface area contributed by atoms with Gasteiger partial charge in [-0.1, -0.05) is 35.3 Å². The lowest BCUT2D eigenvalue weighted by atomic mass is 10.3. The Morgan fingerprint density at radius 1 is 1.00 bits per heavy atom. The van der Waals surface area contributed by atoms with Gasteiger partial charge >= 0.3 is 0 Å². The fourth-order valence-electron chi connectivity index (χ4n) is 2.02. The zero-order valence-corrected chi connectivity index (χ0v) is 16.1.